The van der Waals surface area contributed by atoms with Crippen molar-refractivity contribution in [2.75, 3.05) is 6.26 Å². The molecule has 1 aromatic carbocycles. The molecule has 92 valence electrons. The smallest absolute Gasteiger partial charge is 0.314 e. The van der Waals surface area contributed by atoms with Gasteiger partial charge in [0.05, 0.1) is 10.6 Å². The molecule has 3 rings (SSSR count). The zero-order valence-electron chi connectivity index (χ0n) is 9.58. The minimum atomic E-state index is -3.21. The Morgan fingerprint density at radius 2 is 2.06 bits per heavy atom. The van der Waals surface area contributed by atoms with E-state index in [-0.39, 0.29) is 6.01 Å². The first-order chi connectivity index (χ1) is 8.45. The molecule has 0 radical (unpaired) electrons. The van der Waals surface area contributed by atoms with Crippen LogP contribution in [0.5, 0.6) is 6.01 Å². The van der Waals surface area contributed by atoms with Gasteiger partial charge in [0.1, 0.15) is 0 Å². The lowest BCUT2D eigenvalue weighted by Crippen LogP contribution is -1.97. The lowest BCUT2D eigenvalue weighted by molar-refractivity contribution is 0.429. The summed E-state index contributed by atoms with van der Waals surface area (Å²) >= 11 is 0. The lowest BCUT2D eigenvalue weighted by atomic mass is 10.1. The van der Waals surface area contributed by atoms with Crippen molar-refractivity contribution < 1.29 is 13.5 Å². The van der Waals surface area contributed by atoms with Gasteiger partial charge in [0, 0.05) is 24.4 Å². The van der Waals surface area contributed by atoms with Crippen LogP contribution in [0, 0.1) is 0 Å². The number of fused-ring (bicyclic) bond motifs is 3. The largest absolute Gasteiger partial charge is 0.479 e. The van der Waals surface area contributed by atoms with Crippen molar-refractivity contribution in [1.82, 2.24) is 9.97 Å². The van der Waals surface area contributed by atoms with Gasteiger partial charge >= 0.3 is 6.01 Å². The average Bonchev–Trinajstić information content (AvgIpc) is 2.63. The van der Waals surface area contributed by atoms with Gasteiger partial charge in [0.15, 0.2) is 9.84 Å². The third-order valence-corrected chi connectivity index (χ3v) is 4.12. The van der Waals surface area contributed by atoms with E-state index in [0.29, 0.717) is 11.3 Å². The molecule has 0 spiro atoms. The minimum Gasteiger partial charge on any atom is -0.479 e. The molecule has 1 N–H and O–H groups in total. The zero-order chi connectivity index (χ0) is 12.9. The van der Waals surface area contributed by atoms with Crippen LogP contribution in [-0.4, -0.2) is 29.7 Å². The standard InChI is InChI=1S/C12H10N2O3S/c1-18(16,17)8-2-3-9-7(4-8)5-11-10(9)6-13-12(15)14-11/h2-4,6H,5H2,1H3,(H,13,14,15). The number of hydrogen-bond acceptors (Lipinski definition) is 5. The zero-order valence-corrected chi connectivity index (χ0v) is 10.4. The van der Waals surface area contributed by atoms with E-state index < -0.39 is 9.84 Å². The molecule has 1 heterocycles. The van der Waals surface area contributed by atoms with Crippen LogP contribution in [0.4, 0.5) is 0 Å². The van der Waals surface area contributed by atoms with Crippen molar-refractivity contribution in [3.63, 3.8) is 0 Å². The van der Waals surface area contributed by atoms with Gasteiger partial charge in [-0.2, -0.15) is 4.98 Å². The fourth-order valence-electron chi connectivity index (χ4n) is 2.16. The van der Waals surface area contributed by atoms with Crippen molar-refractivity contribution in [2.24, 2.45) is 0 Å². The summed E-state index contributed by atoms with van der Waals surface area (Å²) in [5, 5.41) is 9.24. The monoisotopic (exact) mass is 262 g/mol. The fourth-order valence-corrected chi connectivity index (χ4v) is 2.83. The first-order valence-electron chi connectivity index (χ1n) is 5.33. The summed E-state index contributed by atoms with van der Waals surface area (Å²) in [7, 11) is -3.21. The number of nitrogens with zero attached hydrogens (tertiary/aromatic N) is 2. The molecule has 0 aliphatic heterocycles. The Morgan fingerprint density at radius 1 is 1.28 bits per heavy atom. The summed E-state index contributed by atoms with van der Waals surface area (Å²) in [6.45, 7) is 0. The molecule has 0 bridgehead atoms. The van der Waals surface area contributed by atoms with Crippen LogP contribution in [0.2, 0.25) is 0 Å². The molecule has 5 nitrogen and oxygen atoms in total. The van der Waals surface area contributed by atoms with E-state index in [0.717, 1.165) is 22.4 Å². The molecule has 1 aliphatic carbocycles. The molecular weight excluding hydrogens is 252 g/mol. The molecular formula is C12H10N2O3S. The molecule has 1 aromatic heterocycles. The van der Waals surface area contributed by atoms with E-state index in [1.54, 1.807) is 24.4 Å². The van der Waals surface area contributed by atoms with E-state index in [1.165, 1.54) is 6.26 Å². The van der Waals surface area contributed by atoms with Crippen LogP contribution in [0.25, 0.3) is 11.1 Å². The van der Waals surface area contributed by atoms with Crippen LogP contribution in [0.3, 0.4) is 0 Å². The Morgan fingerprint density at radius 3 is 2.78 bits per heavy atom. The molecule has 18 heavy (non-hydrogen) atoms. The van der Waals surface area contributed by atoms with Crippen molar-refractivity contribution >= 4 is 9.84 Å². The number of benzene rings is 1. The molecule has 0 saturated heterocycles. The maximum Gasteiger partial charge on any atom is 0.314 e. The molecule has 0 fully saturated rings. The molecule has 0 unspecified atom stereocenters. The van der Waals surface area contributed by atoms with Crippen molar-refractivity contribution in [2.45, 2.75) is 11.3 Å². The predicted molar refractivity (Wildman–Crippen MR) is 65.0 cm³/mol. The third-order valence-electron chi connectivity index (χ3n) is 3.01. The van der Waals surface area contributed by atoms with Gasteiger partial charge in [-0.1, -0.05) is 6.07 Å². The second-order valence-electron chi connectivity index (χ2n) is 4.30. The Labute approximate surface area is 104 Å². The maximum absolute atomic E-state index is 11.5. The fraction of sp³-hybridized carbons (Fsp3) is 0.167. The summed E-state index contributed by atoms with van der Waals surface area (Å²) in [5.41, 5.74) is 3.40. The van der Waals surface area contributed by atoms with Crippen LogP contribution < -0.4 is 0 Å². The number of sulfone groups is 1. The summed E-state index contributed by atoms with van der Waals surface area (Å²) < 4.78 is 23.0. The van der Waals surface area contributed by atoms with Crippen molar-refractivity contribution in [3.05, 3.63) is 35.7 Å². The average molecular weight is 262 g/mol. The van der Waals surface area contributed by atoms with Gasteiger partial charge in [0.2, 0.25) is 0 Å². The van der Waals surface area contributed by atoms with E-state index >= 15 is 0 Å². The van der Waals surface area contributed by atoms with Gasteiger partial charge in [-0.25, -0.2) is 13.4 Å². The Kier molecular flexibility index (Phi) is 2.18. The molecule has 0 saturated carbocycles. The van der Waals surface area contributed by atoms with Crippen LogP contribution >= 0.6 is 0 Å². The van der Waals surface area contributed by atoms with Gasteiger partial charge < -0.3 is 5.11 Å². The minimum absolute atomic E-state index is 0.259. The van der Waals surface area contributed by atoms with Gasteiger partial charge in [-0.15, -0.1) is 0 Å². The first-order valence-corrected chi connectivity index (χ1v) is 7.22. The van der Waals surface area contributed by atoms with Crippen LogP contribution in [-0.2, 0) is 16.3 Å². The van der Waals surface area contributed by atoms with E-state index in [9.17, 15) is 13.5 Å². The first kappa shape index (κ1) is 11.2. The highest BCUT2D eigenvalue weighted by molar-refractivity contribution is 7.90. The molecule has 6 heteroatoms. The second-order valence-corrected chi connectivity index (χ2v) is 6.31. The van der Waals surface area contributed by atoms with E-state index in [2.05, 4.69) is 9.97 Å². The molecule has 2 aromatic rings. The third kappa shape index (κ3) is 1.65. The van der Waals surface area contributed by atoms with Gasteiger partial charge in [-0.3, -0.25) is 0 Å². The Bertz CT molecular complexity index is 754. The van der Waals surface area contributed by atoms with Crippen LogP contribution in [0.15, 0.2) is 29.3 Å². The van der Waals surface area contributed by atoms with Crippen molar-refractivity contribution in [1.29, 1.82) is 0 Å². The highest BCUT2D eigenvalue weighted by Crippen LogP contribution is 2.36. The normalized spacial score (nSPS) is 13.2. The van der Waals surface area contributed by atoms with Gasteiger partial charge in [-0.05, 0) is 23.3 Å². The molecule has 0 amide bonds. The van der Waals surface area contributed by atoms with Gasteiger partial charge in [0.25, 0.3) is 0 Å². The highest BCUT2D eigenvalue weighted by atomic mass is 32.2. The number of aromatic hydroxyl groups is 1. The summed E-state index contributed by atoms with van der Waals surface area (Å²) in [6, 6.07) is 4.74. The highest BCUT2D eigenvalue weighted by Gasteiger charge is 2.22. The summed E-state index contributed by atoms with van der Waals surface area (Å²) in [4.78, 5) is 8.00. The predicted octanol–water partition coefficient (Wildman–Crippen LogP) is 1.16. The van der Waals surface area contributed by atoms with Crippen LogP contribution in [0.1, 0.15) is 11.3 Å². The molecule has 1 aliphatic rings. The quantitative estimate of drug-likeness (QED) is 0.711. The molecule has 0 atom stereocenters. The number of rotatable bonds is 1. The number of aromatic nitrogens is 2. The van der Waals surface area contributed by atoms with Crippen molar-refractivity contribution in [3.8, 4) is 17.1 Å². The maximum atomic E-state index is 11.5. The Balaban J connectivity index is 2.18. The lowest BCUT2D eigenvalue weighted by Gasteiger charge is -2.02. The van der Waals surface area contributed by atoms with E-state index in [1.807, 2.05) is 0 Å². The SMILES string of the molecule is CS(=O)(=O)c1ccc2c(c1)Cc1nc(O)ncc1-2. The summed E-state index contributed by atoms with van der Waals surface area (Å²) in [6.07, 6.45) is 3.26. The summed E-state index contributed by atoms with van der Waals surface area (Å²) in [5.74, 6) is 0. The second kappa shape index (κ2) is 3.52. The Hall–Kier alpha value is -1.95. The number of hydrogen-bond donors (Lipinski definition) is 1. The topological polar surface area (TPSA) is 80.2 Å². The van der Waals surface area contributed by atoms with E-state index in [4.69, 9.17) is 0 Å².